The van der Waals surface area contributed by atoms with E-state index in [1.54, 1.807) is 6.20 Å². The molecule has 23 heavy (non-hydrogen) atoms. The molecule has 0 unspecified atom stereocenters. The standard InChI is InChI=1S/C19H24N4/c1-2-8-18-15(5-1)7-4-12-23(18)14-17-9-11-21-19(22-17)16-6-3-10-20-13-16/h3,6,9-11,13,15,18H,1-2,4-5,7-8,12,14H2/t15-,18+/m0/s1. The first-order chi connectivity index (χ1) is 11.4. The third kappa shape index (κ3) is 3.27. The Balaban J connectivity index is 1.52. The molecule has 2 aliphatic rings. The molecule has 120 valence electrons. The lowest BCUT2D eigenvalue weighted by Gasteiger charge is -2.44. The molecule has 1 aliphatic carbocycles. The topological polar surface area (TPSA) is 41.9 Å². The van der Waals surface area contributed by atoms with Crippen molar-refractivity contribution in [2.24, 2.45) is 5.92 Å². The van der Waals surface area contributed by atoms with Crippen LogP contribution in [0.1, 0.15) is 44.2 Å². The summed E-state index contributed by atoms with van der Waals surface area (Å²) in [7, 11) is 0. The lowest BCUT2D eigenvalue weighted by Crippen LogP contribution is -2.46. The zero-order chi connectivity index (χ0) is 15.5. The Morgan fingerprint density at radius 3 is 2.87 bits per heavy atom. The summed E-state index contributed by atoms with van der Waals surface area (Å²) in [6.07, 6.45) is 13.9. The molecule has 0 radical (unpaired) electrons. The maximum atomic E-state index is 4.78. The number of piperidine rings is 1. The summed E-state index contributed by atoms with van der Waals surface area (Å²) in [4.78, 5) is 16.0. The Morgan fingerprint density at radius 1 is 1.04 bits per heavy atom. The highest BCUT2D eigenvalue weighted by atomic mass is 15.2. The monoisotopic (exact) mass is 308 g/mol. The van der Waals surface area contributed by atoms with Gasteiger partial charge in [-0.1, -0.05) is 12.8 Å². The van der Waals surface area contributed by atoms with Gasteiger partial charge >= 0.3 is 0 Å². The van der Waals surface area contributed by atoms with Crippen molar-refractivity contribution in [3.8, 4) is 11.4 Å². The first-order valence-corrected chi connectivity index (χ1v) is 8.86. The van der Waals surface area contributed by atoms with E-state index in [1.165, 1.54) is 45.1 Å². The van der Waals surface area contributed by atoms with Gasteiger partial charge in [-0.2, -0.15) is 0 Å². The second-order valence-electron chi connectivity index (χ2n) is 6.84. The summed E-state index contributed by atoms with van der Waals surface area (Å²) in [5, 5.41) is 0. The number of aromatic nitrogens is 3. The third-order valence-corrected chi connectivity index (χ3v) is 5.36. The molecule has 4 nitrogen and oxygen atoms in total. The van der Waals surface area contributed by atoms with Gasteiger partial charge in [-0.15, -0.1) is 0 Å². The Kier molecular flexibility index (Phi) is 4.33. The van der Waals surface area contributed by atoms with E-state index in [4.69, 9.17) is 4.98 Å². The molecule has 4 heteroatoms. The Bertz CT molecular complexity index is 641. The Labute approximate surface area is 138 Å². The second-order valence-corrected chi connectivity index (χ2v) is 6.84. The molecule has 0 spiro atoms. The zero-order valence-electron chi connectivity index (χ0n) is 13.6. The minimum Gasteiger partial charge on any atom is -0.294 e. The van der Waals surface area contributed by atoms with Crippen LogP contribution in [0, 0.1) is 5.92 Å². The molecular weight excluding hydrogens is 284 g/mol. The number of hydrogen-bond donors (Lipinski definition) is 0. The fourth-order valence-corrected chi connectivity index (χ4v) is 4.25. The molecule has 3 heterocycles. The summed E-state index contributed by atoms with van der Waals surface area (Å²) >= 11 is 0. The highest BCUT2D eigenvalue weighted by Crippen LogP contribution is 2.35. The first-order valence-electron chi connectivity index (χ1n) is 8.86. The molecule has 0 amide bonds. The van der Waals surface area contributed by atoms with Gasteiger partial charge < -0.3 is 0 Å². The van der Waals surface area contributed by atoms with Crippen molar-refractivity contribution in [3.05, 3.63) is 42.5 Å². The van der Waals surface area contributed by atoms with Crippen molar-refractivity contribution < 1.29 is 0 Å². The average Bonchev–Trinajstić information content (AvgIpc) is 2.63. The number of nitrogens with zero attached hydrogens (tertiary/aromatic N) is 4. The summed E-state index contributed by atoms with van der Waals surface area (Å²) in [5.41, 5.74) is 2.12. The number of likely N-dealkylation sites (tertiary alicyclic amines) is 1. The van der Waals surface area contributed by atoms with Crippen molar-refractivity contribution in [2.45, 2.75) is 51.1 Å². The summed E-state index contributed by atoms with van der Waals surface area (Å²) < 4.78 is 0. The second kappa shape index (κ2) is 6.75. The molecule has 2 aromatic rings. The number of fused-ring (bicyclic) bond motifs is 1. The van der Waals surface area contributed by atoms with Gasteiger partial charge in [0.05, 0.1) is 5.69 Å². The molecule has 0 aromatic carbocycles. The predicted octanol–water partition coefficient (Wildman–Crippen LogP) is 3.69. The van der Waals surface area contributed by atoms with Gasteiger partial charge in [-0.25, -0.2) is 9.97 Å². The van der Waals surface area contributed by atoms with Gasteiger partial charge in [0.25, 0.3) is 0 Å². The van der Waals surface area contributed by atoms with Gasteiger partial charge in [0.2, 0.25) is 0 Å². The first kappa shape index (κ1) is 14.8. The summed E-state index contributed by atoms with van der Waals surface area (Å²) in [6.45, 7) is 2.17. The van der Waals surface area contributed by atoms with Crippen LogP contribution in [0.4, 0.5) is 0 Å². The van der Waals surface area contributed by atoms with Crippen LogP contribution in [0.15, 0.2) is 36.8 Å². The van der Waals surface area contributed by atoms with E-state index in [0.29, 0.717) is 0 Å². The van der Waals surface area contributed by atoms with Crippen LogP contribution in [-0.2, 0) is 6.54 Å². The van der Waals surface area contributed by atoms with E-state index in [9.17, 15) is 0 Å². The van der Waals surface area contributed by atoms with E-state index < -0.39 is 0 Å². The van der Waals surface area contributed by atoms with Gasteiger partial charge in [-0.05, 0) is 56.3 Å². The molecule has 1 saturated heterocycles. The molecule has 1 saturated carbocycles. The number of hydrogen-bond acceptors (Lipinski definition) is 4. The molecule has 0 N–H and O–H groups in total. The minimum absolute atomic E-state index is 0.773. The van der Waals surface area contributed by atoms with Crippen LogP contribution in [-0.4, -0.2) is 32.4 Å². The van der Waals surface area contributed by atoms with E-state index in [2.05, 4.69) is 20.9 Å². The molecule has 2 fully saturated rings. The normalized spacial score (nSPS) is 25.0. The van der Waals surface area contributed by atoms with E-state index in [-0.39, 0.29) is 0 Å². The molecule has 0 bridgehead atoms. The van der Waals surface area contributed by atoms with Gasteiger partial charge in [0, 0.05) is 36.7 Å². The average molecular weight is 308 g/mol. The van der Waals surface area contributed by atoms with Crippen LogP contribution < -0.4 is 0 Å². The molecule has 2 aromatic heterocycles. The predicted molar refractivity (Wildman–Crippen MR) is 90.7 cm³/mol. The number of rotatable bonds is 3. The fraction of sp³-hybridized carbons (Fsp3) is 0.526. The highest BCUT2D eigenvalue weighted by molar-refractivity contribution is 5.52. The molecule has 2 atom stereocenters. The van der Waals surface area contributed by atoms with E-state index in [0.717, 1.165) is 35.6 Å². The van der Waals surface area contributed by atoms with Gasteiger partial charge in [0.15, 0.2) is 5.82 Å². The molecule has 4 rings (SSSR count). The van der Waals surface area contributed by atoms with Crippen molar-refractivity contribution in [3.63, 3.8) is 0 Å². The summed E-state index contributed by atoms with van der Waals surface area (Å²) in [6, 6.07) is 6.79. The lowest BCUT2D eigenvalue weighted by molar-refractivity contribution is 0.0537. The van der Waals surface area contributed by atoms with Crippen molar-refractivity contribution in [1.29, 1.82) is 0 Å². The van der Waals surface area contributed by atoms with Crippen molar-refractivity contribution in [2.75, 3.05) is 6.54 Å². The van der Waals surface area contributed by atoms with Crippen LogP contribution >= 0.6 is 0 Å². The smallest absolute Gasteiger partial charge is 0.160 e. The fourth-order valence-electron chi connectivity index (χ4n) is 4.25. The van der Waals surface area contributed by atoms with Crippen molar-refractivity contribution in [1.82, 2.24) is 19.9 Å². The maximum absolute atomic E-state index is 4.78. The highest BCUT2D eigenvalue weighted by Gasteiger charge is 2.33. The molecular formula is C19H24N4. The van der Waals surface area contributed by atoms with Crippen LogP contribution in [0.25, 0.3) is 11.4 Å². The largest absolute Gasteiger partial charge is 0.294 e. The number of pyridine rings is 1. The minimum atomic E-state index is 0.773. The Morgan fingerprint density at radius 2 is 1.96 bits per heavy atom. The SMILES string of the molecule is c1cncc(-c2nccc(CN3CCC[C@@H]4CCCC[C@H]43)n2)c1. The van der Waals surface area contributed by atoms with Crippen LogP contribution in [0.5, 0.6) is 0 Å². The molecule has 1 aliphatic heterocycles. The van der Waals surface area contributed by atoms with E-state index in [1.807, 2.05) is 24.5 Å². The van der Waals surface area contributed by atoms with E-state index >= 15 is 0 Å². The maximum Gasteiger partial charge on any atom is 0.160 e. The van der Waals surface area contributed by atoms with Gasteiger partial charge in [0.1, 0.15) is 0 Å². The van der Waals surface area contributed by atoms with Crippen molar-refractivity contribution >= 4 is 0 Å². The Hall–Kier alpha value is -1.81. The van der Waals surface area contributed by atoms with Crippen LogP contribution in [0.3, 0.4) is 0 Å². The third-order valence-electron chi connectivity index (χ3n) is 5.36. The summed E-state index contributed by atoms with van der Waals surface area (Å²) in [5.74, 6) is 1.70. The zero-order valence-corrected chi connectivity index (χ0v) is 13.6. The lowest BCUT2D eigenvalue weighted by atomic mass is 9.78. The van der Waals surface area contributed by atoms with Crippen LogP contribution in [0.2, 0.25) is 0 Å². The quantitative estimate of drug-likeness (QED) is 0.867. The van der Waals surface area contributed by atoms with Gasteiger partial charge in [-0.3, -0.25) is 9.88 Å².